The Morgan fingerprint density at radius 1 is 1.20 bits per heavy atom. The highest BCUT2D eigenvalue weighted by atomic mass is 35.5. The van der Waals surface area contributed by atoms with Crippen molar-refractivity contribution in [2.45, 2.75) is 10.9 Å². The zero-order valence-electron chi connectivity index (χ0n) is 10.4. The van der Waals surface area contributed by atoms with Crippen molar-refractivity contribution in [3.05, 3.63) is 64.7 Å². The molecule has 0 saturated heterocycles. The Kier molecular flexibility index (Phi) is 5.37. The molecule has 0 spiro atoms. The molecule has 0 aliphatic heterocycles. The van der Waals surface area contributed by atoms with Crippen molar-refractivity contribution in [2.75, 3.05) is 5.75 Å². The minimum atomic E-state index is -0.416. The Bertz CT molecular complexity index is 595. The van der Waals surface area contributed by atoms with Gasteiger partial charge in [-0.05, 0) is 30.3 Å². The van der Waals surface area contributed by atoms with Crippen LogP contribution in [0.15, 0.2) is 47.4 Å². The largest absolute Gasteiger partial charge is 0.271 e. The molecule has 2 nitrogen and oxygen atoms in total. The number of benzene rings is 2. The molecule has 106 valence electrons. The van der Waals surface area contributed by atoms with E-state index in [0.29, 0.717) is 16.3 Å². The lowest BCUT2D eigenvalue weighted by Crippen LogP contribution is -2.30. The maximum absolute atomic E-state index is 13.8. The van der Waals surface area contributed by atoms with Crippen LogP contribution in [-0.4, -0.2) is 5.75 Å². The fourth-order valence-corrected chi connectivity index (χ4v) is 2.91. The first kappa shape index (κ1) is 15.3. The van der Waals surface area contributed by atoms with E-state index in [2.05, 4.69) is 5.43 Å². The second-order valence-corrected chi connectivity index (χ2v) is 5.68. The van der Waals surface area contributed by atoms with E-state index in [-0.39, 0.29) is 11.9 Å². The molecule has 0 radical (unpaired) electrons. The molecular weight excluding hydrogens is 302 g/mol. The zero-order chi connectivity index (χ0) is 14.5. The van der Waals surface area contributed by atoms with Gasteiger partial charge >= 0.3 is 0 Å². The summed E-state index contributed by atoms with van der Waals surface area (Å²) in [4.78, 5) is 0.764. The van der Waals surface area contributed by atoms with E-state index in [4.69, 9.17) is 17.4 Å². The summed E-state index contributed by atoms with van der Waals surface area (Å²) in [5.74, 6) is 5.22. The van der Waals surface area contributed by atoms with Gasteiger partial charge in [-0.15, -0.1) is 11.8 Å². The molecule has 3 N–H and O–H groups in total. The molecule has 0 saturated carbocycles. The standard InChI is InChI=1S/C14H13ClF2N2S/c15-9-4-5-12(13(17)6-9)14(19-18)8-20-11-3-1-2-10(16)7-11/h1-7,14,19H,8,18H2. The Morgan fingerprint density at radius 2 is 2.00 bits per heavy atom. The van der Waals surface area contributed by atoms with Crippen LogP contribution in [0, 0.1) is 11.6 Å². The Balaban J connectivity index is 2.09. The quantitative estimate of drug-likeness (QED) is 0.499. The van der Waals surface area contributed by atoms with Crippen molar-refractivity contribution >= 4 is 23.4 Å². The number of hydrogen-bond donors (Lipinski definition) is 2. The highest BCUT2D eigenvalue weighted by Crippen LogP contribution is 2.27. The molecule has 0 fully saturated rings. The Labute approximate surface area is 125 Å². The van der Waals surface area contributed by atoms with E-state index in [9.17, 15) is 8.78 Å². The second-order valence-electron chi connectivity index (χ2n) is 4.15. The molecule has 0 aliphatic rings. The topological polar surface area (TPSA) is 38.0 Å². The molecule has 20 heavy (non-hydrogen) atoms. The number of thioether (sulfide) groups is 1. The number of nitrogens with two attached hydrogens (primary N) is 1. The van der Waals surface area contributed by atoms with Gasteiger partial charge in [-0.25, -0.2) is 8.78 Å². The molecule has 0 aliphatic carbocycles. The first-order valence-corrected chi connectivity index (χ1v) is 7.26. The highest BCUT2D eigenvalue weighted by Gasteiger charge is 2.15. The monoisotopic (exact) mass is 314 g/mol. The number of hydrazine groups is 1. The average Bonchev–Trinajstić information content (AvgIpc) is 2.41. The van der Waals surface area contributed by atoms with Crippen molar-refractivity contribution < 1.29 is 8.78 Å². The van der Waals surface area contributed by atoms with Crippen LogP contribution >= 0.6 is 23.4 Å². The summed E-state index contributed by atoms with van der Waals surface area (Å²) in [5, 5.41) is 0.333. The van der Waals surface area contributed by atoms with Crippen molar-refractivity contribution in [3.63, 3.8) is 0 Å². The minimum Gasteiger partial charge on any atom is -0.271 e. The van der Waals surface area contributed by atoms with Crippen LogP contribution in [0.3, 0.4) is 0 Å². The lowest BCUT2D eigenvalue weighted by atomic mass is 10.1. The van der Waals surface area contributed by atoms with Crippen LogP contribution in [0.5, 0.6) is 0 Å². The fourth-order valence-electron chi connectivity index (χ4n) is 1.75. The maximum atomic E-state index is 13.8. The van der Waals surface area contributed by atoms with Gasteiger partial charge in [-0.2, -0.15) is 0 Å². The summed E-state index contributed by atoms with van der Waals surface area (Å²) in [5.41, 5.74) is 3.00. The van der Waals surface area contributed by atoms with Gasteiger partial charge in [0.1, 0.15) is 11.6 Å². The highest BCUT2D eigenvalue weighted by molar-refractivity contribution is 7.99. The van der Waals surface area contributed by atoms with Gasteiger partial charge in [-0.1, -0.05) is 23.7 Å². The van der Waals surface area contributed by atoms with Crippen molar-refractivity contribution in [1.29, 1.82) is 0 Å². The van der Waals surface area contributed by atoms with E-state index in [1.165, 1.54) is 30.0 Å². The molecule has 0 amide bonds. The van der Waals surface area contributed by atoms with Crippen molar-refractivity contribution in [3.8, 4) is 0 Å². The first-order chi connectivity index (χ1) is 9.60. The second kappa shape index (κ2) is 7.04. The lowest BCUT2D eigenvalue weighted by molar-refractivity contribution is 0.546. The van der Waals surface area contributed by atoms with E-state index < -0.39 is 5.82 Å². The van der Waals surface area contributed by atoms with Gasteiger partial charge in [0.25, 0.3) is 0 Å². The van der Waals surface area contributed by atoms with Gasteiger partial charge in [0.05, 0.1) is 6.04 Å². The molecule has 0 bridgehead atoms. The van der Waals surface area contributed by atoms with Crippen LogP contribution in [0.4, 0.5) is 8.78 Å². The first-order valence-electron chi connectivity index (χ1n) is 5.89. The third-order valence-electron chi connectivity index (χ3n) is 2.75. The van der Waals surface area contributed by atoms with E-state index in [1.807, 2.05) is 0 Å². The molecule has 1 unspecified atom stereocenters. The molecule has 2 rings (SSSR count). The van der Waals surface area contributed by atoms with Gasteiger partial charge in [0.2, 0.25) is 0 Å². The predicted octanol–water partition coefficient (Wildman–Crippen LogP) is 3.91. The predicted molar refractivity (Wildman–Crippen MR) is 78.6 cm³/mol. The summed E-state index contributed by atoms with van der Waals surface area (Å²) in [6, 6.07) is 10.3. The SMILES string of the molecule is NNC(CSc1cccc(F)c1)c1ccc(Cl)cc1F. The Hall–Kier alpha value is -1.14. The lowest BCUT2D eigenvalue weighted by Gasteiger charge is -2.17. The number of halogens is 3. The maximum Gasteiger partial charge on any atom is 0.129 e. The molecule has 6 heteroatoms. The van der Waals surface area contributed by atoms with Crippen molar-refractivity contribution in [2.24, 2.45) is 5.84 Å². The third-order valence-corrected chi connectivity index (χ3v) is 4.07. The normalized spacial score (nSPS) is 12.4. The molecular formula is C14H13ClF2N2S. The summed E-state index contributed by atoms with van der Waals surface area (Å²) in [7, 11) is 0. The van der Waals surface area contributed by atoms with E-state index >= 15 is 0 Å². The van der Waals surface area contributed by atoms with Gasteiger partial charge < -0.3 is 0 Å². The molecule has 1 atom stereocenters. The zero-order valence-corrected chi connectivity index (χ0v) is 12.0. The third kappa shape index (κ3) is 3.93. The molecule has 0 aromatic heterocycles. The van der Waals surface area contributed by atoms with Crippen LogP contribution in [0.25, 0.3) is 0 Å². The van der Waals surface area contributed by atoms with E-state index in [0.717, 1.165) is 4.90 Å². The minimum absolute atomic E-state index is 0.301. The number of rotatable bonds is 5. The van der Waals surface area contributed by atoms with Gasteiger partial charge in [0.15, 0.2) is 0 Å². The fraction of sp³-hybridized carbons (Fsp3) is 0.143. The average molecular weight is 315 g/mol. The van der Waals surface area contributed by atoms with Crippen LogP contribution < -0.4 is 11.3 Å². The summed E-state index contributed by atoms with van der Waals surface area (Å²) < 4.78 is 26.9. The summed E-state index contributed by atoms with van der Waals surface area (Å²) in [6.07, 6.45) is 0. The molecule has 2 aromatic carbocycles. The summed E-state index contributed by atoms with van der Waals surface area (Å²) in [6.45, 7) is 0. The number of hydrogen-bond acceptors (Lipinski definition) is 3. The van der Waals surface area contributed by atoms with E-state index in [1.54, 1.807) is 24.3 Å². The van der Waals surface area contributed by atoms with Crippen LogP contribution in [0.1, 0.15) is 11.6 Å². The molecule has 0 heterocycles. The number of nitrogens with one attached hydrogen (secondary N) is 1. The summed E-state index contributed by atoms with van der Waals surface area (Å²) >= 11 is 7.11. The molecule has 2 aromatic rings. The van der Waals surface area contributed by atoms with Gasteiger partial charge in [0, 0.05) is 21.2 Å². The van der Waals surface area contributed by atoms with Gasteiger partial charge in [-0.3, -0.25) is 11.3 Å². The smallest absolute Gasteiger partial charge is 0.129 e. The van der Waals surface area contributed by atoms with Crippen LogP contribution in [-0.2, 0) is 0 Å². The van der Waals surface area contributed by atoms with Crippen LogP contribution in [0.2, 0.25) is 5.02 Å². The van der Waals surface area contributed by atoms with Crippen molar-refractivity contribution in [1.82, 2.24) is 5.43 Å². The Morgan fingerprint density at radius 3 is 2.65 bits per heavy atom.